The van der Waals surface area contributed by atoms with Gasteiger partial charge in [0, 0.05) is 31.7 Å². The van der Waals surface area contributed by atoms with Crippen LogP contribution in [-0.4, -0.2) is 60.9 Å². The van der Waals surface area contributed by atoms with Crippen molar-refractivity contribution >= 4 is 11.8 Å². The quantitative estimate of drug-likeness (QED) is 0.819. The van der Waals surface area contributed by atoms with Gasteiger partial charge in [-0.3, -0.25) is 9.59 Å². The molecule has 1 aliphatic heterocycles. The van der Waals surface area contributed by atoms with E-state index in [1.54, 1.807) is 0 Å². The summed E-state index contributed by atoms with van der Waals surface area (Å²) >= 11 is 0. The monoisotopic (exact) mass is 339 g/mol. The van der Waals surface area contributed by atoms with Crippen LogP contribution in [-0.2, 0) is 4.79 Å². The Balaban J connectivity index is 1.76. The van der Waals surface area contributed by atoms with Gasteiger partial charge in [-0.05, 0) is 31.3 Å². The van der Waals surface area contributed by atoms with Crippen LogP contribution in [0, 0.1) is 17.6 Å². The standard InChI is InChI=1S/C17H23F2N3O2/c1-3-21(4-2)8-7-20-16(23)13-10-22(11-13)17(24)12-5-6-14(18)15(19)9-12/h5-6,9,13H,3-4,7-8,10-11H2,1-2H3,(H,20,23). The minimum Gasteiger partial charge on any atom is -0.354 e. The van der Waals surface area contributed by atoms with Crippen molar-refractivity contribution in [2.75, 3.05) is 39.3 Å². The predicted molar refractivity (Wildman–Crippen MR) is 86.5 cm³/mol. The highest BCUT2D eigenvalue weighted by Gasteiger charge is 2.36. The highest BCUT2D eigenvalue weighted by Crippen LogP contribution is 2.20. The zero-order valence-electron chi connectivity index (χ0n) is 14.0. The molecule has 0 unspecified atom stereocenters. The van der Waals surface area contributed by atoms with E-state index in [0.717, 1.165) is 31.8 Å². The maximum absolute atomic E-state index is 13.2. The van der Waals surface area contributed by atoms with E-state index in [9.17, 15) is 18.4 Å². The molecule has 1 aromatic rings. The van der Waals surface area contributed by atoms with Crippen LogP contribution in [0.25, 0.3) is 0 Å². The highest BCUT2D eigenvalue weighted by molar-refractivity contribution is 5.96. The van der Waals surface area contributed by atoms with E-state index in [4.69, 9.17) is 0 Å². The highest BCUT2D eigenvalue weighted by atomic mass is 19.2. The van der Waals surface area contributed by atoms with Gasteiger partial charge in [-0.2, -0.15) is 0 Å². The van der Waals surface area contributed by atoms with Crippen LogP contribution in [0.1, 0.15) is 24.2 Å². The molecule has 0 spiro atoms. The van der Waals surface area contributed by atoms with Crippen molar-refractivity contribution in [3.05, 3.63) is 35.4 Å². The topological polar surface area (TPSA) is 52.7 Å². The third-order valence-corrected chi connectivity index (χ3v) is 4.33. The Morgan fingerprint density at radius 3 is 2.46 bits per heavy atom. The molecule has 0 atom stereocenters. The number of likely N-dealkylation sites (tertiary alicyclic amines) is 1. The van der Waals surface area contributed by atoms with Gasteiger partial charge in [-0.15, -0.1) is 0 Å². The van der Waals surface area contributed by atoms with Crippen molar-refractivity contribution < 1.29 is 18.4 Å². The van der Waals surface area contributed by atoms with Crippen molar-refractivity contribution in [1.82, 2.24) is 15.1 Å². The first-order valence-electron chi connectivity index (χ1n) is 8.20. The molecule has 1 saturated heterocycles. The molecule has 0 aliphatic carbocycles. The first-order chi connectivity index (χ1) is 11.5. The minimum absolute atomic E-state index is 0.0727. The first kappa shape index (κ1) is 18.3. The third kappa shape index (κ3) is 4.29. The fraction of sp³-hybridized carbons (Fsp3) is 0.529. The number of halogens is 2. The molecule has 132 valence electrons. The van der Waals surface area contributed by atoms with Gasteiger partial charge in [0.25, 0.3) is 5.91 Å². The molecule has 0 aromatic heterocycles. The number of carbonyl (C=O) groups is 2. The lowest BCUT2D eigenvalue weighted by molar-refractivity contribution is -0.129. The van der Waals surface area contributed by atoms with Crippen molar-refractivity contribution in [3.8, 4) is 0 Å². The third-order valence-electron chi connectivity index (χ3n) is 4.33. The van der Waals surface area contributed by atoms with Gasteiger partial charge in [-0.1, -0.05) is 13.8 Å². The smallest absolute Gasteiger partial charge is 0.254 e. The molecule has 0 saturated carbocycles. The minimum atomic E-state index is -1.05. The summed E-state index contributed by atoms with van der Waals surface area (Å²) in [4.78, 5) is 27.8. The summed E-state index contributed by atoms with van der Waals surface area (Å²) in [5, 5.41) is 2.87. The lowest BCUT2D eigenvalue weighted by Crippen LogP contribution is -2.56. The van der Waals surface area contributed by atoms with E-state index in [1.165, 1.54) is 11.0 Å². The Morgan fingerprint density at radius 2 is 1.88 bits per heavy atom. The average molecular weight is 339 g/mol. The average Bonchev–Trinajstić information content (AvgIpc) is 2.52. The molecule has 1 heterocycles. The zero-order chi connectivity index (χ0) is 17.7. The number of hydrogen-bond donors (Lipinski definition) is 1. The molecule has 1 aromatic carbocycles. The second-order valence-electron chi connectivity index (χ2n) is 5.85. The summed E-state index contributed by atoms with van der Waals surface area (Å²) in [6.07, 6.45) is 0. The van der Waals surface area contributed by atoms with Gasteiger partial charge < -0.3 is 15.1 Å². The summed E-state index contributed by atoms with van der Waals surface area (Å²) in [7, 11) is 0. The maximum Gasteiger partial charge on any atom is 0.254 e. The summed E-state index contributed by atoms with van der Waals surface area (Å²) in [5.74, 6) is -2.73. The normalized spacial score (nSPS) is 14.6. The molecule has 2 rings (SSSR count). The van der Waals surface area contributed by atoms with Gasteiger partial charge in [0.15, 0.2) is 11.6 Å². The van der Waals surface area contributed by atoms with Crippen LogP contribution in [0.3, 0.4) is 0 Å². The van der Waals surface area contributed by atoms with Gasteiger partial charge in [0.2, 0.25) is 5.91 Å². The second-order valence-corrected chi connectivity index (χ2v) is 5.85. The SMILES string of the molecule is CCN(CC)CCNC(=O)C1CN(C(=O)c2ccc(F)c(F)c2)C1. The van der Waals surface area contributed by atoms with Crippen LogP contribution in [0.4, 0.5) is 8.78 Å². The van der Waals surface area contributed by atoms with E-state index < -0.39 is 11.6 Å². The molecule has 0 radical (unpaired) electrons. The predicted octanol–water partition coefficient (Wildman–Crippen LogP) is 1.49. The van der Waals surface area contributed by atoms with Crippen LogP contribution in [0.15, 0.2) is 18.2 Å². The lowest BCUT2D eigenvalue weighted by atomic mass is 9.98. The Morgan fingerprint density at radius 1 is 1.21 bits per heavy atom. The van der Waals surface area contributed by atoms with Crippen molar-refractivity contribution in [1.29, 1.82) is 0 Å². The largest absolute Gasteiger partial charge is 0.354 e. The molecular weight excluding hydrogens is 316 g/mol. The maximum atomic E-state index is 13.2. The number of hydrogen-bond acceptors (Lipinski definition) is 3. The molecule has 1 fully saturated rings. The molecule has 24 heavy (non-hydrogen) atoms. The molecule has 7 heteroatoms. The van der Waals surface area contributed by atoms with E-state index in [0.29, 0.717) is 19.6 Å². The van der Waals surface area contributed by atoms with Crippen LogP contribution < -0.4 is 5.32 Å². The molecule has 1 N–H and O–H groups in total. The summed E-state index contributed by atoms with van der Waals surface area (Å²) in [6, 6.07) is 3.06. The number of nitrogens with zero attached hydrogens (tertiary/aromatic N) is 2. The van der Waals surface area contributed by atoms with E-state index in [-0.39, 0.29) is 23.3 Å². The fourth-order valence-corrected chi connectivity index (χ4v) is 2.64. The van der Waals surface area contributed by atoms with Crippen molar-refractivity contribution in [3.63, 3.8) is 0 Å². The number of amides is 2. The Hall–Kier alpha value is -2.02. The molecular formula is C17H23F2N3O2. The van der Waals surface area contributed by atoms with E-state index >= 15 is 0 Å². The van der Waals surface area contributed by atoms with E-state index in [1.807, 2.05) is 0 Å². The summed E-state index contributed by atoms with van der Waals surface area (Å²) in [5.41, 5.74) is 0.0919. The van der Waals surface area contributed by atoms with Crippen molar-refractivity contribution in [2.45, 2.75) is 13.8 Å². The van der Waals surface area contributed by atoms with Crippen LogP contribution >= 0.6 is 0 Å². The van der Waals surface area contributed by atoms with Gasteiger partial charge in [0.05, 0.1) is 5.92 Å². The van der Waals surface area contributed by atoms with Gasteiger partial charge in [0.1, 0.15) is 0 Å². The van der Waals surface area contributed by atoms with Crippen LogP contribution in [0.5, 0.6) is 0 Å². The molecule has 0 bridgehead atoms. The Kier molecular flexibility index (Phi) is 6.25. The van der Waals surface area contributed by atoms with E-state index in [2.05, 4.69) is 24.1 Å². The number of likely N-dealkylation sites (N-methyl/N-ethyl adjacent to an activating group) is 1. The molecule has 5 nitrogen and oxygen atoms in total. The number of benzene rings is 1. The zero-order valence-corrected chi connectivity index (χ0v) is 14.0. The van der Waals surface area contributed by atoms with Crippen molar-refractivity contribution in [2.24, 2.45) is 5.92 Å². The molecule has 1 aliphatic rings. The Bertz CT molecular complexity index is 599. The van der Waals surface area contributed by atoms with Crippen LogP contribution in [0.2, 0.25) is 0 Å². The second kappa shape index (κ2) is 8.19. The van der Waals surface area contributed by atoms with Gasteiger partial charge in [-0.25, -0.2) is 8.78 Å². The Labute approximate surface area is 140 Å². The van der Waals surface area contributed by atoms with Gasteiger partial charge >= 0.3 is 0 Å². The fourth-order valence-electron chi connectivity index (χ4n) is 2.64. The first-order valence-corrected chi connectivity index (χ1v) is 8.20. The lowest BCUT2D eigenvalue weighted by Gasteiger charge is -2.38. The number of carbonyl (C=O) groups excluding carboxylic acids is 2. The number of rotatable bonds is 7. The summed E-state index contributed by atoms with van der Waals surface area (Å²) in [6.45, 7) is 7.98. The summed E-state index contributed by atoms with van der Waals surface area (Å²) < 4.78 is 26.1. The molecule has 2 amide bonds. The number of nitrogens with one attached hydrogen (secondary N) is 1.